The molecule has 0 bridgehead atoms. The molecule has 0 aliphatic rings. The number of hydrogen-bond donors (Lipinski definition) is 1. The van der Waals surface area contributed by atoms with Crippen LogP contribution in [0.5, 0.6) is 5.75 Å². The first-order valence-electron chi connectivity index (χ1n) is 10.5. The number of carbonyl (C=O) groups is 2. The van der Waals surface area contributed by atoms with Crippen molar-refractivity contribution < 1.29 is 14.3 Å². The molecule has 168 valence electrons. The van der Waals surface area contributed by atoms with Crippen molar-refractivity contribution in [1.82, 2.24) is 20.1 Å². The van der Waals surface area contributed by atoms with Gasteiger partial charge in [0, 0.05) is 25.5 Å². The molecule has 0 aliphatic carbocycles. The van der Waals surface area contributed by atoms with Gasteiger partial charge in [0.1, 0.15) is 11.6 Å². The van der Waals surface area contributed by atoms with Crippen molar-refractivity contribution in [2.24, 2.45) is 0 Å². The quantitative estimate of drug-likeness (QED) is 0.299. The molecule has 0 radical (unpaired) electrons. The molecule has 0 fully saturated rings. The Morgan fingerprint density at radius 1 is 1.00 bits per heavy atom. The standard InChI is InChI=1S/C25H24N4O3S/c1-17(30)26-14-13-24-27-28-25(29(24)21-9-5-6-10-23(21)32-2)33-16-22(31)20-12-11-18-7-3-4-8-19(18)15-20/h3-12,15H,13-14,16H2,1-2H3,(H,26,30). The lowest BCUT2D eigenvalue weighted by molar-refractivity contribution is -0.118. The lowest BCUT2D eigenvalue weighted by atomic mass is 10.1. The van der Waals surface area contributed by atoms with Crippen LogP contribution in [0, 0.1) is 0 Å². The van der Waals surface area contributed by atoms with E-state index in [4.69, 9.17) is 4.74 Å². The third kappa shape index (κ3) is 5.23. The normalized spacial score (nSPS) is 10.8. The van der Waals surface area contributed by atoms with Crippen LogP contribution in [-0.4, -0.2) is 45.9 Å². The minimum atomic E-state index is -0.103. The van der Waals surface area contributed by atoms with E-state index in [1.807, 2.05) is 71.3 Å². The molecule has 0 spiro atoms. The van der Waals surface area contributed by atoms with Gasteiger partial charge in [0.2, 0.25) is 5.91 Å². The van der Waals surface area contributed by atoms with Gasteiger partial charge in [-0.15, -0.1) is 10.2 Å². The zero-order chi connectivity index (χ0) is 23.2. The lowest BCUT2D eigenvalue weighted by Crippen LogP contribution is -2.23. The maximum Gasteiger partial charge on any atom is 0.216 e. The second-order valence-corrected chi connectivity index (χ2v) is 8.36. The van der Waals surface area contributed by atoms with E-state index in [1.54, 1.807) is 7.11 Å². The minimum absolute atomic E-state index is 0.0140. The van der Waals surface area contributed by atoms with Crippen LogP contribution in [0.15, 0.2) is 71.9 Å². The summed E-state index contributed by atoms with van der Waals surface area (Å²) in [5.41, 5.74) is 1.44. The summed E-state index contributed by atoms with van der Waals surface area (Å²) in [5.74, 6) is 1.47. The largest absolute Gasteiger partial charge is 0.495 e. The van der Waals surface area contributed by atoms with E-state index in [-0.39, 0.29) is 17.4 Å². The maximum atomic E-state index is 12.9. The number of carbonyl (C=O) groups excluding carboxylic acids is 2. The van der Waals surface area contributed by atoms with Gasteiger partial charge in [-0.1, -0.05) is 60.3 Å². The molecule has 7 nitrogen and oxygen atoms in total. The third-order valence-corrected chi connectivity index (χ3v) is 6.08. The van der Waals surface area contributed by atoms with Crippen LogP contribution in [0.3, 0.4) is 0 Å². The van der Waals surface area contributed by atoms with Gasteiger partial charge in [-0.05, 0) is 29.0 Å². The predicted octanol–water partition coefficient (Wildman–Crippen LogP) is 4.08. The third-order valence-electron chi connectivity index (χ3n) is 5.15. The van der Waals surface area contributed by atoms with Gasteiger partial charge in [0.15, 0.2) is 10.9 Å². The Kier molecular flexibility index (Phi) is 7.04. The number of ether oxygens (including phenoxy) is 1. The van der Waals surface area contributed by atoms with Crippen LogP contribution in [0.4, 0.5) is 0 Å². The van der Waals surface area contributed by atoms with Gasteiger partial charge < -0.3 is 10.1 Å². The summed E-state index contributed by atoms with van der Waals surface area (Å²) in [6.45, 7) is 1.91. The summed E-state index contributed by atoms with van der Waals surface area (Å²) in [4.78, 5) is 24.2. The molecule has 3 aromatic carbocycles. The highest BCUT2D eigenvalue weighted by Gasteiger charge is 2.19. The Hall–Kier alpha value is -3.65. The van der Waals surface area contributed by atoms with Crippen molar-refractivity contribution >= 4 is 34.2 Å². The van der Waals surface area contributed by atoms with Gasteiger partial charge >= 0.3 is 0 Å². The summed E-state index contributed by atoms with van der Waals surface area (Å²) in [5, 5.41) is 14.2. The number of methoxy groups -OCH3 is 1. The SMILES string of the molecule is COc1ccccc1-n1c(CCNC(C)=O)nnc1SCC(=O)c1ccc2ccccc2c1. The average Bonchev–Trinajstić information content (AvgIpc) is 3.24. The van der Waals surface area contributed by atoms with Crippen molar-refractivity contribution in [1.29, 1.82) is 0 Å². The molecule has 0 saturated carbocycles. The van der Waals surface area contributed by atoms with Crippen LogP contribution in [0.1, 0.15) is 23.1 Å². The van der Waals surface area contributed by atoms with Crippen LogP contribution in [0.25, 0.3) is 16.5 Å². The Balaban J connectivity index is 1.59. The monoisotopic (exact) mass is 460 g/mol. The van der Waals surface area contributed by atoms with Crippen LogP contribution in [-0.2, 0) is 11.2 Å². The van der Waals surface area contributed by atoms with E-state index in [0.29, 0.717) is 35.3 Å². The molecule has 0 unspecified atom stereocenters. The zero-order valence-electron chi connectivity index (χ0n) is 18.4. The van der Waals surface area contributed by atoms with Crippen molar-refractivity contribution in [3.63, 3.8) is 0 Å². The van der Waals surface area contributed by atoms with Crippen molar-refractivity contribution in [3.8, 4) is 11.4 Å². The molecule has 1 amide bonds. The Morgan fingerprint density at radius 2 is 1.76 bits per heavy atom. The van der Waals surface area contributed by atoms with Crippen molar-refractivity contribution in [2.45, 2.75) is 18.5 Å². The Labute approximate surface area is 196 Å². The lowest BCUT2D eigenvalue weighted by Gasteiger charge is -2.14. The second kappa shape index (κ2) is 10.3. The molecular weight excluding hydrogens is 436 g/mol. The highest BCUT2D eigenvalue weighted by Crippen LogP contribution is 2.29. The van der Waals surface area contributed by atoms with E-state index < -0.39 is 0 Å². The Morgan fingerprint density at radius 3 is 2.55 bits per heavy atom. The number of para-hydroxylation sites is 2. The fourth-order valence-electron chi connectivity index (χ4n) is 3.54. The minimum Gasteiger partial charge on any atom is -0.495 e. The first-order chi connectivity index (χ1) is 16.1. The maximum absolute atomic E-state index is 12.9. The van der Waals surface area contributed by atoms with Gasteiger partial charge in [-0.25, -0.2) is 0 Å². The summed E-state index contributed by atoms with van der Waals surface area (Å²) in [6.07, 6.45) is 0.490. The van der Waals surface area contributed by atoms with Gasteiger partial charge in [0.25, 0.3) is 0 Å². The molecule has 1 aromatic heterocycles. The fourth-order valence-corrected chi connectivity index (χ4v) is 4.40. The van der Waals surface area contributed by atoms with Crippen molar-refractivity contribution in [2.75, 3.05) is 19.4 Å². The highest BCUT2D eigenvalue weighted by molar-refractivity contribution is 7.99. The molecule has 1 N–H and O–H groups in total. The van der Waals surface area contributed by atoms with E-state index in [9.17, 15) is 9.59 Å². The average molecular weight is 461 g/mol. The smallest absolute Gasteiger partial charge is 0.216 e. The molecule has 0 aliphatic heterocycles. The Bertz CT molecular complexity index is 1300. The van der Waals surface area contributed by atoms with E-state index >= 15 is 0 Å². The van der Waals surface area contributed by atoms with Gasteiger partial charge in [0.05, 0.1) is 18.6 Å². The molecule has 33 heavy (non-hydrogen) atoms. The molecule has 4 aromatic rings. The number of benzene rings is 3. The molecule has 4 rings (SSSR count). The van der Waals surface area contributed by atoms with Gasteiger partial charge in [-0.3, -0.25) is 14.2 Å². The second-order valence-electron chi connectivity index (χ2n) is 7.41. The summed E-state index contributed by atoms with van der Waals surface area (Å²) >= 11 is 1.33. The zero-order valence-corrected chi connectivity index (χ0v) is 19.3. The number of rotatable bonds is 9. The number of ketones is 1. The molecule has 0 saturated heterocycles. The topological polar surface area (TPSA) is 86.1 Å². The summed E-state index contributed by atoms with van der Waals surface area (Å²) < 4.78 is 7.42. The number of nitrogens with one attached hydrogen (secondary N) is 1. The number of Topliss-reactive ketones (excluding diaryl/α,β-unsaturated/α-hetero) is 1. The number of hydrogen-bond acceptors (Lipinski definition) is 6. The van der Waals surface area contributed by atoms with Gasteiger partial charge in [-0.2, -0.15) is 0 Å². The summed E-state index contributed by atoms with van der Waals surface area (Å²) in [7, 11) is 1.61. The predicted molar refractivity (Wildman–Crippen MR) is 129 cm³/mol. The number of thioether (sulfide) groups is 1. The molecule has 1 heterocycles. The first-order valence-corrected chi connectivity index (χ1v) is 11.5. The fraction of sp³-hybridized carbons (Fsp3) is 0.200. The first kappa shape index (κ1) is 22.5. The van der Waals surface area contributed by atoms with Crippen LogP contribution < -0.4 is 10.1 Å². The molecule has 8 heteroatoms. The number of amides is 1. The van der Waals surface area contributed by atoms with E-state index in [0.717, 1.165) is 16.5 Å². The van der Waals surface area contributed by atoms with E-state index in [2.05, 4.69) is 15.5 Å². The molecular formula is C25H24N4O3S. The highest BCUT2D eigenvalue weighted by atomic mass is 32.2. The van der Waals surface area contributed by atoms with Crippen LogP contribution >= 0.6 is 11.8 Å². The number of fused-ring (bicyclic) bond motifs is 1. The summed E-state index contributed by atoms with van der Waals surface area (Å²) in [6, 6.07) is 21.3. The number of nitrogens with zero attached hydrogens (tertiary/aromatic N) is 3. The van der Waals surface area contributed by atoms with Crippen LogP contribution in [0.2, 0.25) is 0 Å². The van der Waals surface area contributed by atoms with Crippen molar-refractivity contribution in [3.05, 3.63) is 78.1 Å². The molecule has 0 atom stereocenters. The van der Waals surface area contributed by atoms with E-state index in [1.165, 1.54) is 18.7 Å². The number of aromatic nitrogens is 3.